The monoisotopic (exact) mass is 406 g/mol. The normalized spacial score (nSPS) is 10.7. The number of methoxy groups -OCH3 is 2. The summed E-state index contributed by atoms with van der Waals surface area (Å²) in [6.07, 6.45) is 0. The van der Waals surface area contributed by atoms with Gasteiger partial charge in [0.25, 0.3) is 0 Å². The number of halogens is 2. The van der Waals surface area contributed by atoms with E-state index in [2.05, 4.69) is 25.0 Å². The summed E-state index contributed by atoms with van der Waals surface area (Å²) in [5.74, 6) is 0.575. The van der Waals surface area contributed by atoms with Gasteiger partial charge in [-0.15, -0.1) is 5.10 Å². The van der Waals surface area contributed by atoms with E-state index in [0.717, 1.165) is 0 Å². The maximum Gasteiger partial charge on any atom is 0.387 e. The third-order valence-electron chi connectivity index (χ3n) is 3.78. The van der Waals surface area contributed by atoms with E-state index in [1.54, 1.807) is 6.07 Å². The van der Waals surface area contributed by atoms with Gasteiger partial charge < -0.3 is 18.9 Å². The van der Waals surface area contributed by atoms with Crippen LogP contribution in [0.2, 0.25) is 0 Å². The van der Waals surface area contributed by atoms with Crippen LogP contribution in [-0.2, 0) is 11.3 Å². The molecule has 1 heterocycles. The van der Waals surface area contributed by atoms with Crippen LogP contribution in [0.3, 0.4) is 0 Å². The van der Waals surface area contributed by atoms with Crippen molar-refractivity contribution in [2.75, 3.05) is 14.2 Å². The number of hydrogen-bond donors (Lipinski definition) is 0. The first kappa shape index (κ1) is 20.0. The van der Waals surface area contributed by atoms with Crippen LogP contribution in [0.25, 0.3) is 5.69 Å². The van der Waals surface area contributed by atoms with Crippen molar-refractivity contribution < 1.29 is 32.5 Å². The van der Waals surface area contributed by atoms with Crippen molar-refractivity contribution in [3.8, 4) is 22.9 Å². The standard InChI is InChI=1S/C18H16F2N4O5/c1-26-15-9-11(17(25)27-2)3-8-14(15)28-10-16-21-22-23-24(16)12-4-6-13(7-5-12)29-18(19)20/h3-9,18H,10H2,1-2H3. The molecule has 2 aromatic carbocycles. The summed E-state index contributed by atoms with van der Waals surface area (Å²) in [5.41, 5.74) is 0.843. The number of carbonyl (C=O) groups excluding carboxylic acids is 1. The average molecular weight is 406 g/mol. The first-order valence-corrected chi connectivity index (χ1v) is 8.23. The summed E-state index contributed by atoms with van der Waals surface area (Å²) in [5, 5.41) is 11.4. The Balaban J connectivity index is 1.75. The molecule has 0 atom stereocenters. The van der Waals surface area contributed by atoms with Gasteiger partial charge in [-0.2, -0.15) is 13.5 Å². The molecule has 0 aliphatic rings. The van der Waals surface area contributed by atoms with E-state index in [4.69, 9.17) is 9.47 Å². The smallest absolute Gasteiger partial charge is 0.387 e. The number of benzene rings is 2. The van der Waals surface area contributed by atoms with E-state index in [1.165, 1.54) is 55.3 Å². The van der Waals surface area contributed by atoms with Crippen LogP contribution in [0.5, 0.6) is 17.2 Å². The van der Waals surface area contributed by atoms with Crippen molar-refractivity contribution in [3.05, 3.63) is 53.9 Å². The molecule has 0 radical (unpaired) electrons. The average Bonchev–Trinajstić information content (AvgIpc) is 3.20. The van der Waals surface area contributed by atoms with Gasteiger partial charge >= 0.3 is 12.6 Å². The molecule has 0 saturated heterocycles. The Labute approximate surface area is 163 Å². The lowest BCUT2D eigenvalue weighted by molar-refractivity contribution is -0.0498. The lowest BCUT2D eigenvalue weighted by Gasteiger charge is -2.12. The van der Waals surface area contributed by atoms with E-state index < -0.39 is 12.6 Å². The highest BCUT2D eigenvalue weighted by Crippen LogP contribution is 2.29. The molecule has 0 spiro atoms. The Bertz CT molecular complexity index is 979. The number of aromatic nitrogens is 4. The molecular weight excluding hydrogens is 390 g/mol. The largest absolute Gasteiger partial charge is 0.493 e. The van der Waals surface area contributed by atoms with Crippen molar-refractivity contribution in [2.45, 2.75) is 13.2 Å². The fraction of sp³-hybridized carbons (Fsp3) is 0.222. The zero-order valence-corrected chi connectivity index (χ0v) is 15.4. The van der Waals surface area contributed by atoms with E-state index in [-0.39, 0.29) is 12.4 Å². The first-order valence-electron chi connectivity index (χ1n) is 8.23. The van der Waals surface area contributed by atoms with Gasteiger partial charge in [-0.25, -0.2) is 4.79 Å². The second kappa shape index (κ2) is 8.95. The highest BCUT2D eigenvalue weighted by molar-refractivity contribution is 5.90. The fourth-order valence-electron chi connectivity index (χ4n) is 2.44. The zero-order chi connectivity index (χ0) is 20.8. The maximum atomic E-state index is 12.3. The van der Waals surface area contributed by atoms with E-state index >= 15 is 0 Å². The van der Waals surface area contributed by atoms with Gasteiger partial charge in [-0.05, 0) is 52.9 Å². The first-order chi connectivity index (χ1) is 14.0. The molecule has 0 saturated carbocycles. The second-order valence-electron chi connectivity index (χ2n) is 5.53. The number of esters is 1. The van der Waals surface area contributed by atoms with Crippen LogP contribution in [0.4, 0.5) is 8.78 Å². The van der Waals surface area contributed by atoms with E-state index in [0.29, 0.717) is 28.6 Å². The number of nitrogens with zero attached hydrogens (tertiary/aromatic N) is 4. The Morgan fingerprint density at radius 1 is 1.10 bits per heavy atom. The van der Waals surface area contributed by atoms with Gasteiger partial charge in [0.05, 0.1) is 25.5 Å². The van der Waals surface area contributed by atoms with Gasteiger partial charge in [-0.1, -0.05) is 0 Å². The Hall–Kier alpha value is -3.76. The summed E-state index contributed by atoms with van der Waals surface area (Å²) >= 11 is 0. The van der Waals surface area contributed by atoms with E-state index in [1.807, 2.05) is 0 Å². The quantitative estimate of drug-likeness (QED) is 0.527. The Kier molecular flexibility index (Phi) is 6.17. The van der Waals surface area contributed by atoms with Gasteiger partial charge in [0.2, 0.25) is 0 Å². The van der Waals surface area contributed by atoms with Gasteiger partial charge in [0.1, 0.15) is 5.75 Å². The molecule has 11 heteroatoms. The molecular formula is C18H16F2N4O5. The van der Waals surface area contributed by atoms with Crippen LogP contribution in [-0.4, -0.2) is 47.0 Å². The van der Waals surface area contributed by atoms with Crippen LogP contribution in [0.15, 0.2) is 42.5 Å². The molecule has 3 rings (SSSR count). The number of carbonyl (C=O) groups is 1. The van der Waals surface area contributed by atoms with Crippen LogP contribution in [0.1, 0.15) is 16.2 Å². The molecule has 9 nitrogen and oxygen atoms in total. The predicted molar refractivity (Wildman–Crippen MR) is 94.5 cm³/mol. The van der Waals surface area contributed by atoms with Crippen molar-refractivity contribution in [1.29, 1.82) is 0 Å². The highest BCUT2D eigenvalue weighted by Gasteiger charge is 2.14. The molecule has 0 amide bonds. The molecule has 0 aliphatic heterocycles. The fourth-order valence-corrected chi connectivity index (χ4v) is 2.44. The predicted octanol–water partition coefficient (Wildman–Crippen LogP) is 2.64. The SMILES string of the molecule is COC(=O)c1ccc(OCc2nnnn2-c2ccc(OC(F)F)cc2)c(OC)c1. The third kappa shape index (κ3) is 4.75. The van der Waals surface area contributed by atoms with E-state index in [9.17, 15) is 13.6 Å². The lowest BCUT2D eigenvalue weighted by atomic mass is 10.2. The molecule has 1 aromatic heterocycles. The molecule has 0 N–H and O–H groups in total. The van der Waals surface area contributed by atoms with Crippen LogP contribution < -0.4 is 14.2 Å². The van der Waals surface area contributed by atoms with Gasteiger partial charge in [0.15, 0.2) is 23.9 Å². The highest BCUT2D eigenvalue weighted by atomic mass is 19.3. The Morgan fingerprint density at radius 2 is 1.86 bits per heavy atom. The van der Waals surface area contributed by atoms with Crippen molar-refractivity contribution >= 4 is 5.97 Å². The third-order valence-corrected chi connectivity index (χ3v) is 3.78. The summed E-state index contributed by atoms with van der Waals surface area (Å²) in [4.78, 5) is 11.6. The summed E-state index contributed by atoms with van der Waals surface area (Å²) in [6, 6.07) is 10.4. The van der Waals surface area contributed by atoms with Crippen molar-refractivity contribution in [3.63, 3.8) is 0 Å². The molecule has 0 fully saturated rings. The number of rotatable bonds is 8. The molecule has 29 heavy (non-hydrogen) atoms. The summed E-state index contributed by atoms with van der Waals surface area (Å²) < 4.78 is 45.9. The molecule has 0 unspecified atom stereocenters. The minimum atomic E-state index is -2.90. The zero-order valence-electron chi connectivity index (χ0n) is 15.4. The second-order valence-corrected chi connectivity index (χ2v) is 5.53. The maximum absolute atomic E-state index is 12.3. The van der Waals surface area contributed by atoms with Crippen molar-refractivity contribution in [2.24, 2.45) is 0 Å². The summed E-state index contributed by atoms with van der Waals surface area (Å²) in [7, 11) is 2.72. The molecule has 3 aromatic rings. The number of alkyl halides is 2. The number of ether oxygens (including phenoxy) is 4. The Morgan fingerprint density at radius 3 is 2.52 bits per heavy atom. The summed E-state index contributed by atoms with van der Waals surface area (Å²) in [6.45, 7) is -2.92. The lowest BCUT2D eigenvalue weighted by Crippen LogP contribution is -2.08. The van der Waals surface area contributed by atoms with Gasteiger partial charge in [0, 0.05) is 0 Å². The van der Waals surface area contributed by atoms with Gasteiger partial charge in [-0.3, -0.25) is 0 Å². The number of tetrazole rings is 1. The van der Waals surface area contributed by atoms with Crippen molar-refractivity contribution in [1.82, 2.24) is 20.2 Å². The van der Waals surface area contributed by atoms with Crippen LogP contribution >= 0.6 is 0 Å². The minimum Gasteiger partial charge on any atom is -0.493 e. The molecule has 0 aliphatic carbocycles. The number of hydrogen-bond acceptors (Lipinski definition) is 8. The molecule has 152 valence electrons. The molecule has 0 bridgehead atoms. The topological polar surface area (TPSA) is 97.6 Å². The minimum absolute atomic E-state index is 0.0176. The van der Waals surface area contributed by atoms with Crippen LogP contribution in [0, 0.1) is 0 Å².